The topological polar surface area (TPSA) is 21.3 Å². The van der Waals surface area contributed by atoms with E-state index in [4.69, 9.17) is 4.74 Å². The summed E-state index contributed by atoms with van der Waals surface area (Å²) in [6, 6.07) is 14.7. The van der Waals surface area contributed by atoms with Gasteiger partial charge in [-0.2, -0.15) is 0 Å². The molecule has 1 atom stereocenters. The number of methoxy groups -OCH3 is 1. The number of likely N-dealkylation sites (N-methyl/N-ethyl adjacent to an activating group) is 1. The SMILES string of the molecule is CNC[C@H](OC)c1cccc2ccccc12. The molecule has 2 nitrogen and oxygen atoms in total. The molecule has 2 aromatic rings. The van der Waals surface area contributed by atoms with E-state index in [0.29, 0.717) is 0 Å². The Labute approximate surface area is 96.2 Å². The van der Waals surface area contributed by atoms with Gasteiger partial charge in [0.2, 0.25) is 0 Å². The number of hydrogen-bond acceptors (Lipinski definition) is 2. The van der Waals surface area contributed by atoms with Crippen molar-refractivity contribution in [3.8, 4) is 0 Å². The van der Waals surface area contributed by atoms with Gasteiger partial charge in [-0.3, -0.25) is 0 Å². The van der Waals surface area contributed by atoms with Gasteiger partial charge >= 0.3 is 0 Å². The Balaban J connectivity index is 2.50. The van der Waals surface area contributed by atoms with Gasteiger partial charge in [-0.1, -0.05) is 42.5 Å². The predicted octanol–water partition coefficient (Wildman–Crippen LogP) is 2.75. The van der Waals surface area contributed by atoms with Crippen LogP contribution in [0.25, 0.3) is 10.8 Å². The van der Waals surface area contributed by atoms with Gasteiger partial charge in [0, 0.05) is 13.7 Å². The average Bonchev–Trinajstić information content (AvgIpc) is 2.35. The van der Waals surface area contributed by atoms with E-state index in [-0.39, 0.29) is 6.10 Å². The van der Waals surface area contributed by atoms with Crippen LogP contribution in [0.2, 0.25) is 0 Å². The van der Waals surface area contributed by atoms with Crippen LogP contribution in [-0.4, -0.2) is 20.7 Å². The third-order valence-electron chi connectivity index (χ3n) is 2.84. The summed E-state index contributed by atoms with van der Waals surface area (Å²) < 4.78 is 5.52. The minimum absolute atomic E-state index is 0.107. The molecule has 2 heteroatoms. The Morgan fingerprint density at radius 3 is 2.62 bits per heavy atom. The van der Waals surface area contributed by atoms with Gasteiger partial charge < -0.3 is 10.1 Å². The lowest BCUT2D eigenvalue weighted by molar-refractivity contribution is 0.105. The van der Waals surface area contributed by atoms with Crippen LogP contribution in [0, 0.1) is 0 Å². The number of rotatable bonds is 4. The lowest BCUT2D eigenvalue weighted by atomic mass is 10.0. The fraction of sp³-hybridized carbons (Fsp3) is 0.286. The van der Waals surface area contributed by atoms with Gasteiger partial charge in [0.1, 0.15) is 0 Å². The first-order valence-corrected chi connectivity index (χ1v) is 5.52. The van der Waals surface area contributed by atoms with Gasteiger partial charge in [-0.25, -0.2) is 0 Å². The highest BCUT2D eigenvalue weighted by atomic mass is 16.5. The molecule has 0 heterocycles. The molecule has 0 unspecified atom stereocenters. The zero-order valence-corrected chi connectivity index (χ0v) is 9.73. The molecule has 0 aliphatic rings. The molecule has 0 saturated heterocycles. The second-order valence-corrected chi connectivity index (χ2v) is 3.85. The van der Waals surface area contributed by atoms with Crippen LogP contribution < -0.4 is 5.32 Å². The molecule has 0 saturated carbocycles. The summed E-state index contributed by atoms with van der Waals surface area (Å²) in [5.74, 6) is 0. The Bertz CT molecular complexity index is 462. The van der Waals surface area contributed by atoms with E-state index in [1.54, 1.807) is 7.11 Å². The second-order valence-electron chi connectivity index (χ2n) is 3.85. The largest absolute Gasteiger partial charge is 0.375 e. The summed E-state index contributed by atoms with van der Waals surface area (Å²) >= 11 is 0. The van der Waals surface area contributed by atoms with Gasteiger partial charge in [0.25, 0.3) is 0 Å². The van der Waals surface area contributed by atoms with Gasteiger partial charge in [-0.05, 0) is 23.4 Å². The van der Waals surface area contributed by atoms with E-state index in [1.807, 2.05) is 7.05 Å². The average molecular weight is 215 g/mol. The fourth-order valence-corrected chi connectivity index (χ4v) is 2.04. The maximum atomic E-state index is 5.52. The lowest BCUT2D eigenvalue weighted by Gasteiger charge is -2.17. The minimum Gasteiger partial charge on any atom is -0.375 e. The quantitative estimate of drug-likeness (QED) is 0.846. The van der Waals surface area contributed by atoms with E-state index in [9.17, 15) is 0 Å². The fourth-order valence-electron chi connectivity index (χ4n) is 2.04. The smallest absolute Gasteiger partial charge is 0.0951 e. The van der Waals surface area contributed by atoms with Crippen LogP contribution in [0.1, 0.15) is 11.7 Å². The lowest BCUT2D eigenvalue weighted by Crippen LogP contribution is -2.18. The van der Waals surface area contributed by atoms with E-state index in [1.165, 1.54) is 16.3 Å². The standard InChI is InChI=1S/C14H17NO/c1-15-10-14(16-2)13-9-5-7-11-6-3-4-8-12(11)13/h3-9,14-15H,10H2,1-2H3/t14-/m0/s1. The van der Waals surface area contributed by atoms with Crippen molar-refractivity contribution in [3.63, 3.8) is 0 Å². The number of hydrogen-bond donors (Lipinski definition) is 1. The van der Waals surface area contributed by atoms with Crippen molar-refractivity contribution >= 4 is 10.8 Å². The zero-order chi connectivity index (χ0) is 11.4. The summed E-state index contributed by atoms with van der Waals surface area (Å²) in [4.78, 5) is 0. The summed E-state index contributed by atoms with van der Waals surface area (Å²) in [6.45, 7) is 0.824. The highest BCUT2D eigenvalue weighted by Gasteiger charge is 2.11. The molecule has 0 spiro atoms. The number of fused-ring (bicyclic) bond motifs is 1. The third kappa shape index (κ3) is 2.08. The number of ether oxygens (including phenoxy) is 1. The summed E-state index contributed by atoms with van der Waals surface area (Å²) in [5, 5.41) is 5.69. The predicted molar refractivity (Wildman–Crippen MR) is 67.6 cm³/mol. The molecule has 2 rings (SSSR count). The minimum atomic E-state index is 0.107. The van der Waals surface area contributed by atoms with Crippen LogP contribution in [-0.2, 0) is 4.74 Å². The van der Waals surface area contributed by atoms with Gasteiger partial charge in [0.15, 0.2) is 0 Å². The van der Waals surface area contributed by atoms with Gasteiger partial charge in [-0.15, -0.1) is 0 Å². The van der Waals surface area contributed by atoms with Crippen molar-refractivity contribution in [2.45, 2.75) is 6.10 Å². The van der Waals surface area contributed by atoms with Crippen molar-refractivity contribution in [2.75, 3.05) is 20.7 Å². The number of nitrogens with one attached hydrogen (secondary N) is 1. The Morgan fingerprint density at radius 2 is 1.88 bits per heavy atom. The molecule has 0 amide bonds. The summed E-state index contributed by atoms with van der Waals surface area (Å²) in [7, 11) is 3.70. The molecule has 0 aromatic heterocycles. The first-order valence-electron chi connectivity index (χ1n) is 5.52. The van der Waals surface area contributed by atoms with E-state index in [2.05, 4.69) is 47.8 Å². The van der Waals surface area contributed by atoms with Crippen LogP contribution in [0.5, 0.6) is 0 Å². The molecule has 0 fully saturated rings. The zero-order valence-electron chi connectivity index (χ0n) is 9.73. The summed E-state index contributed by atoms with van der Waals surface area (Å²) in [5.41, 5.74) is 1.25. The normalized spacial score (nSPS) is 12.9. The molecule has 0 radical (unpaired) electrons. The van der Waals surface area contributed by atoms with Crippen molar-refractivity contribution in [2.24, 2.45) is 0 Å². The third-order valence-corrected chi connectivity index (χ3v) is 2.84. The number of benzene rings is 2. The van der Waals surface area contributed by atoms with Crippen molar-refractivity contribution < 1.29 is 4.74 Å². The maximum absolute atomic E-state index is 5.52. The van der Waals surface area contributed by atoms with E-state index < -0.39 is 0 Å². The van der Waals surface area contributed by atoms with Crippen LogP contribution in [0.3, 0.4) is 0 Å². The van der Waals surface area contributed by atoms with Crippen LogP contribution in [0.4, 0.5) is 0 Å². The second kappa shape index (κ2) is 5.10. The Morgan fingerprint density at radius 1 is 1.12 bits per heavy atom. The Kier molecular flexibility index (Phi) is 3.54. The molecule has 84 valence electrons. The van der Waals surface area contributed by atoms with E-state index in [0.717, 1.165) is 6.54 Å². The molecule has 0 aliphatic carbocycles. The van der Waals surface area contributed by atoms with Crippen molar-refractivity contribution in [1.29, 1.82) is 0 Å². The first kappa shape index (κ1) is 11.1. The van der Waals surface area contributed by atoms with Crippen LogP contribution in [0.15, 0.2) is 42.5 Å². The highest BCUT2D eigenvalue weighted by molar-refractivity contribution is 5.86. The highest BCUT2D eigenvalue weighted by Crippen LogP contribution is 2.25. The van der Waals surface area contributed by atoms with Crippen molar-refractivity contribution in [3.05, 3.63) is 48.0 Å². The Hall–Kier alpha value is -1.38. The van der Waals surface area contributed by atoms with Gasteiger partial charge in [0.05, 0.1) is 6.10 Å². The molecule has 2 aromatic carbocycles. The molecule has 0 bridgehead atoms. The molecule has 1 N–H and O–H groups in total. The monoisotopic (exact) mass is 215 g/mol. The molecular weight excluding hydrogens is 198 g/mol. The van der Waals surface area contributed by atoms with E-state index >= 15 is 0 Å². The maximum Gasteiger partial charge on any atom is 0.0951 e. The molecule has 16 heavy (non-hydrogen) atoms. The van der Waals surface area contributed by atoms with Crippen molar-refractivity contribution in [1.82, 2.24) is 5.32 Å². The molecular formula is C14H17NO. The molecule has 0 aliphatic heterocycles. The first-order chi connectivity index (χ1) is 7.86. The van der Waals surface area contributed by atoms with Crippen LogP contribution >= 0.6 is 0 Å². The summed E-state index contributed by atoms with van der Waals surface area (Å²) in [6.07, 6.45) is 0.107.